The fraction of sp³-hybridized carbons (Fsp3) is 0.368. The molecule has 2 fully saturated rings. The molecule has 2 aliphatic rings. The van der Waals surface area contributed by atoms with Crippen molar-refractivity contribution in [3.05, 3.63) is 53.5 Å². The third kappa shape index (κ3) is 3.12. The molecule has 0 spiro atoms. The standard InChI is InChI=1S/C19H21N3O3/c1-13-11-14(4-7-17(13)21-9-8-20-19(21)24)18(23)22(15-5-6-15)12-16-3-2-10-25-16/h2-4,7,10-11,15H,5-6,8-9,12H2,1H3,(H,20,24). The quantitative estimate of drug-likeness (QED) is 0.911. The molecule has 0 unspecified atom stereocenters. The summed E-state index contributed by atoms with van der Waals surface area (Å²) in [7, 11) is 0. The van der Waals surface area contributed by atoms with Gasteiger partial charge in [0.1, 0.15) is 5.76 Å². The van der Waals surface area contributed by atoms with E-state index in [1.165, 1.54) is 0 Å². The number of benzene rings is 1. The van der Waals surface area contributed by atoms with Gasteiger partial charge < -0.3 is 14.6 Å². The van der Waals surface area contributed by atoms with Crippen LogP contribution in [0.2, 0.25) is 0 Å². The van der Waals surface area contributed by atoms with Gasteiger partial charge in [-0.1, -0.05) is 0 Å². The van der Waals surface area contributed by atoms with E-state index in [4.69, 9.17) is 4.42 Å². The Labute approximate surface area is 146 Å². The van der Waals surface area contributed by atoms with Gasteiger partial charge in [-0.3, -0.25) is 9.69 Å². The number of furan rings is 1. The summed E-state index contributed by atoms with van der Waals surface area (Å²) in [4.78, 5) is 28.4. The van der Waals surface area contributed by atoms with E-state index in [1.807, 2.05) is 42.2 Å². The fourth-order valence-corrected chi connectivity index (χ4v) is 3.28. The molecule has 4 rings (SSSR count). The van der Waals surface area contributed by atoms with Gasteiger partial charge in [0.15, 0.2) is 0 Å². The Morgan fingerprint density at radius 3 is 2.80 bits per heavy atom. The monoisotopic (exact) mass is 339 g/mol. The second kappa shape index (κ2) is 6.27. The SMILES string of the molecule is Cc1cc(C(=O)N(Cc2ccco2)C2CC2)ccc1N1CCNC1=O. The molecular weight excluding hydrogens is 318 g/mol. The Bertz CT molecular complexity index is 796. The van der Waals surface area contributed by atoms with E-state index in [-0.39, 0.29) is 11.9 Å². The lowest BCUT2D eigenvalue weighted by Gasteiger charge is -2.23. The van der Waals surface area contributed by atoms with E-state index in [9.17, 15) is 9.59 Å². The second-order valence-electron chi connectivity index (χ2n) is 6.63. The Morgan fingerprint density at radius 1 is 1.36 bits per heavy atom. The van der Waals surface area contributed by atoms with Crippen LogP contribution in [-0.4, -0.2) is 36.0 Å². The maximum Gasteiger partial charge on any atom is 0.322 e. The van der Waals surface area contributed by atoms with Gasteiger partial charge in [-0.05, 0) is 55.7 Å². The summed E-state index contributed by atoms with van der Waals surface area (Å²) in [6, 6.07) is 9.50. The van der Waals surface area contributed by atoms with Crippen LogP contribution in [0.4, 0.5) is 10.5 Å². The number of nitrogens with zero attached hydrogens (tertiary/aromatic N) is 2. The van der Waals surface area contributed by atoms with Crippen molar-refractivity contribution < 1.29 is 14.0 Å². The molecule has 130 valence electrons. The lowest BCUT2D eigenvalue weighted by molar-refractivity contribution is 0.0717. The first kappa shape index (κ1) is 15.7. The molecule has 1 N–H and O–H groups in total. The molecular formula is C19H21N3O3. The highest BCUT2D eigenvalue weighted by Gasteiger charge is 2.34. The summed E-state index contributed by atoms with van der Waals surface area (Å²) >= 11 is 0. The first-order chi connectivity index (χ1) is 12.1. The van der Waals surface area contributed by atoms with Crippen LogP contribution in [0.15, 0.2) is 41.0 Å². The van der Waals surface area contributed by atoms with Crippen LogP contribution in [0.5, 0.6) is 0 Å². The average molecular weight is 339 g/mol. The molecule has 2 heterocycles. The zero-order valence-electron chi connectivity index (χ0n) is 14.2. The van der Waals surface area contributed by atoms with E-state index < -0.39 is 0 Å². The third-order valence-electron chi connectivity index (χ3n) is 4.75. The lowest BCUT2D eigenvalue weighted by atomic mass is 10.1. The van der Waals surface area contributed by atoms with Crippen molar-refractivity contribution >= 4 is 17.6 Å². The van der Waals surface area contributed by atoms with Crippen LogP contribution < -0.4 is 10.2 Å². The molecule has 0 atom stereocenters. The lowest BCUT2D eigenvalue weighted by Crippen LogP contribution is -2.33. The van der Waals surface area contributed by atoms with Gasteiger partial charge in [-0.15, -0.1) is 0 Å². The van der Waals surface area contributed by atoms with Crippen molar-refractivity contribution in [2.75, 3.05) is 18.0 Å². The van der Waals surface area contributed by atoms with E-state index in [2.05, 4.69) is 5.32 Å². The molecule has 6 nitrogen and oxygen atoms in total. The number of amides is 3. The average Bonchev–Trinajstić information content (AvgIpc) is 3.14. The second-order valence-corrected chi connectivity index (χ2v) is 6.63. The van der Waals surface area contributed by atoms with E-state index >= 15 is 0 Å². The molecule has 1 saturated heterocycles. The minimum atomic E-state index is -0.0837. The van der Waals surface area contributed by atoms with E-state index in [0.29, 0.717) is 31.2 Å². The van der Waals surface area contributed by atoms with E-state index in [0.717, 1.165) is 29.9 Å². The van der Waals surface area contributed by atoms with Gasteiger partial charge in [-0.2, -0.15) is 0 Å². The fourth-order valence-electron chi connectivity index (χ4n) is 3.28. The van der Waals surface area contributed by atoms with E-state index in [1.54, 1.807) is 11.2 Å². The largest absolute Gasteiger partial charge is 0.467 e. The van der Waals surface area contributed by atoms with Crippen molar-refractivity contribution in [2.45, 2.75) is 32.4 Å². The molecule has 25 heavy (non-hydrogen) atoms. The van der Waals surface area contributed by atoms with Gasteiger partial charge >= 0.3 is 6.03 Å². The van der Waals surface area contributed by atoms with Gasteiger partial charge in [0.05, 0.1) is 12.8 Å². The van der Waals surface area contributed by atoms with Crippen molar-refractivity contribution in [2.24, 2.45) is 0 Å². The number of aryl methyl sites for hydroxylation is 1. The summed E-state index contributed by atoms with van der Waals surface area (Å²) in [5.41, 5.74) is 2.44. The topological polar surface area (TPSA) is 65.8 Å². The van der Waals surface area contributed by atoms with Crippen molar-refractivity contribution in [3.63, 3.8) is 0 Å². The minimum absolute atomic E-state index is 0.0134. The summed E-state index contributed by atoms with van der Waals surface area (Å²) < 4.78 is 5.41. The summed E-state index contributed by atoms with van der Waals surface area (Å²) in [6.07, 6.45) is 3.71. The van der Waals surface area contributed by atoms with Crippen LogP contribution in [0, 0.1) is 6.92 Å². The van der Waals surface area contributed by atoms with Crippen LogP contribution in [0.1, 0.15) is 34.5 Å². The highest BCUT2D eigenvalue weighted by Crippen LogP contribution is 2.31. The zero-order chi connectivity index (χ0) is 17.4. The smallest absolute Gasteiger partial charge is 0.322 e. The predicted molar refractivity (Wildman–Crippen MR) is 93.5 cm³/mol. The molecule has 0 bridgehead atoms. The Morgan fingerprint density at radius 2 is 2.20 bits per heavy atom. The maximum atomic E-state index is 13.0. The highest BCUT2D eigenvalue weighted by atomic mass is 16.3. The third-order valence-corrected chi connectivity index (χ3v) is 4.75. The Kier molecular flexibility index (Phi) is 3.95. The summed E-state index contributed by atoms with van der Waals surface area (Å²) in [5.74, 6) is 0.807. The molecule has 1 saturated carbocycles. The number of rotatable bonds is 5. The Hall–Kier alpha value is -2.76. The number of carbonyl (C=O) groups excluding carboxylic acids is 2. The number of carbonyl (C=O) groups is 2. The van der Waals surface area contributed by atoms with Crippen LogP contribution in [-0.2, 0) is 6.54 Å². The molecule has 1 aromatic heterocycles. The number of hydrogen-bond acceptors (Lipinski definition) is 3. The maximum absolute atomic E-state index is 13.0. The number of anilines is 1. The minimum Gasteiger partial charge on any atom is -0.467 e. The number of urea groups is 1. The first-order valence-corrected chi connectivity index (χ1v) is 8.63. The molecule has 2 aromatic rings. The van der Waals surface area contributed by atoms with Gasteiger partial charge in [0.25, 0.3) is 5.91 Å². The van der Waals surface area contributed by atoms with Gasteiger partial charge in [0.2, 0.25) is 0 Å². The highest BCUT2D eigenvalue weighted by molar-refractivity contribution is 5.98. The van der Waals surface area contributed by atoms with Gasteiger partial charge in [-0.25, -0.2) is 4.79 Å². The molecule has 6 heteroatoms. The molecule has 1 aliphatic heterocycles. The molecule has 1 aromatic carbocycles. The molecule has 3 amide bonds. The van der Waals surface area contributed by atoms with Crippen LogP contribution in [0.3, 0.4) is 0 Å². The number of nitrogens with one attached hydrogen (secondary N) is 1. The van der Waals surface area contributed by atoms with Crippen LogP contribution >= 0.6 is 0 Å². The zero-order valence-corrected chi connectivity index (χ0v) is 14.2. The summed E-state index contributed by atoms with van der Waals surface area (Å²) in [5, 5.41) is 2.80. The normalized spacial score (nSPS) is 16.8. The van der Waals surface area contributed by atoms with Crippen molar-refractivity contribution in [1.82, 2.24) is 10.2 Å². The number of hydrogen-bond donors (Lipinski definition) is 1. The molecule has 0 radical (unpaired) electrons. The predicted octanol–water partition coefficient (Wildman–Crippen LogP) is 2.92. The van der Waals surface area contributed by atoms with Crippen molar-refractivity contribution in [3.8, 4) is 0 Å². The first-order valence-electron chi connectivity index (χ1n) is 8.63. The summed E-state index contributed by atoms with van der Waals surface area (Å²) in [6.45, 7) is 3.73. The van der Waals surface area contributed by atoms with Crippen molar-refractivity contribution in [1.29, 1.82) is 0 Å². The van der Waals surface area contributed by atoms with Gasteiger partial charge in [0, 0.05) is 30.4 Å². The molecule has 1 aliphatic carbocycles. The van der Waals surface area contributed by atoms with Crippen LogP contribution in [0.25, 0.3) is 0 Å². The Balaban J connectivity index is 1.56.